The van der Waals surface area contributed by atoms with Crippen molar-refractivity contribution in [1.82, 2.24) is 0 Å². The fraction of sp³-hybridized carbons (Fsp3) is 0.240. The van der Waals surface area contributed by atoms with Crippen molar-refractivity contribution in [3.05, 3.63) is 108 Å². The van der Waals surface area contributed by atoms with Crippen LogP contribution in [0.3, 0.4) is 0 Å². The van der Waals surface area contributed by atoms with Gasteiger partial charge in [-0.1, -0.05) is 97.4 Å². The van der Waals surface area contributed by atoms with Crippen LogP contribution in [0.15, 0.2) is 91.0 Å². The molecule has 0 amide bonds. The predicted molar refractivity (Wildman–Crippen MR) is 118 cm³/mol. The lowest BCUT2D eigenvalue weighted by atomic mass is 9.60. The fourth-order valence-corrected chi connectivity index (χ4v) is 4.42. The monoisotopic (exact) mass is 390 g/mol. The summed E-state index contributed by atoms with van der Waals surface area (Å²) in [7, 11) is 0. The van der Waals surface area contributed by atoms with Gasteiger partial charge < -0.3 is 5.11 Å². The molecule has 0 aliphatic carbocycles. The van der Waals surface area contributed by atoms with Gasteiger partial charge in [-0.25, -0.2) is 0 Å². The molecule has 144 valence electrons. The molecule has 0 spiro atoms. The Morgan fingerprint density at radius 2 is 1.14 bits per heavy atom. The summed E-state index contributed by atoms with van der Waals surface area (Å²) in [6.45, 7) is 0. The van der Waals surface area contributed by atoms with E-state index in [4.69, 9.17) is 0 Å². The van der Waals surface area contributed by atoms with Crippen LogP contribution >= 0.6 is 12.6 Å². The minimum atomic E-state index is -0.768. The molecule has 1 atom stereocenters. The minimum Gasteiger partial charge on any atom is -0.481 e. The number of aliphatic carboxylic acids is 1. The number of unbranched alkanes of at least 4 members (excludes halogenated alkanes) is 1. The molecule has 3 heteroatoms. The third-order valence-electron chi connectivity index (χ3n) is 5.41. The van der Waals surface area contributed by atoms with Crippen LogP contribution in [0.25, 0.3) is 0 Å². The van der Waals surface area contributed by atoms with Gasteiger partial charge in [-0.15, -0.1) is 0 Å². The van der Waals surface area contributed by atoms with Gasteiger partial charge in [0.25, 0.3) is 0 Å². The SMILES string of the molecule is O=C(O)C(CCCCS)C(c1ccccc1)(c1ccccc1)c1ccccc1. The van der Waals surface area contributed by atoms with E-state index < -0.39 is 17.3 Å². The summed E-state index contributed by atoms with van der Waals surface area (Å²) < 4.78 is 0. The zero-order chi connectivity index (χ0) is 19.8. The molecule has 0 fully saturated rings. The maximum atomic E-state index is 12.6. The van der Waals surface area contributed by atoms with Crippen LogP contribution in [0.4, 0.5) is 0 Å². The molecule has 1 N–H and O–H groups in total. The average molecular weight is 391 g/mol. The molecule has 1 unspecified atom stereocenters. The summed E-state index contributed by atoms with van der Waals surface area (Å²) >= 11 is 4.31. The van der Waals surface area contributed by atoms with Gasteiger partial charge in [0.1, 0.15) is 0 Å². The Labute approximate surface area is 172 Å². The lowest BCUT2D eigenvalue weighted by molar-refractivity contribution is -0.143. The van der Waals surface area contributed by atoms with Crippen molar-refractivity contribution in [2.45, 2.75) is 24.7 Å². The standard InChI is InChI=1S/C25H26O2S/c26-24(27)23(18-10-11-19-28)25(20-12-4-1-5-13-20,21-14-6-2-7-15-21)22-16-8-3-9-17-22/h1-9,12-17,23,28H,10-11,18-19H2,(H,26,27). The summed E-state index contributed by atoms with van der Waals surface area (Å²) in [5, 5.41) is 10.4. The second-order valence-electron chi connectivity index (χ2n) is 7.02. The van der Waals surface area contributed by atoms with E-state index in [1.165, 1.54) is 0 Å². The molecule has 28 heavy (non-hydrogen) atoms. The van der Waals surface area contributed by atoms with E-state index in [0.717, 1.165) is 35.3 Å². The first-order valence-corrected chi connectivity index (χ1v) is 10.3. The fourth-order valence-electron chi connectivity index (χ4n) is 4.19. The van der Waals surface area contributed by atoms with Crippen molar-refractivity contribution in [1.29, 1.82) is 0 Å². The van der Waals surface area contributed by atoms with Crippen LogP contribution in [0.2, 0.25) is 0 Å². The molecule has 0 saturated carbocycles. The van der Waals surface area contributed by atoms with Crippen molar-refractivity contribution >= 4 is 18.6 Å². The first-order chi connectivity index (χ1) is 13.7. The number of carboxylic acids is 1. The smallest absolute Gasteiger partial charge is 0.308 e. The van der Waals surface area contributed by atoms with Crippen molar-refractivity contribution in [3.8, 4) is 0 Å². The number of hydrogen-bond acceptors (Lipinski definition) is 2. The van der Waals surface area contributed by atoms with Gasteiger partial charge in [-0.2, -0.15) is 12.6 Å². The van der Waals surface area contributed by atoms with Gasteiger partial charge >= 0.3 is 5.97 Å². The molecule has 3 rings (SSSR count). The van der Waals surface area contributed by atoms with Gasteiger partial charge in [-0.05, 0) is 35.3 Å². The van der Waals surface area contributed by atoms with E-state index in [0.29, 0.717) is 6.42 Å². The molecular weight excluding hydrogens is 364 g/mol. The van der Waals surface area contributed by atoms with Gasteiger partial charge in [0.15, 0.2) is 0 Å². The number of carboxylic acid groups (broad SMARTS) is 1. The normalized spacial score (nSPS) is 12.5. The molecule has 0 aliphatic heterocycles. The van der Waals surface area contributed by atoms with Gasteiger partial charge in [-0.3, -0.25) is 4.79 Å². The molecule has 0 radical (unpaired) electrons. The number of rotatable bonds is 9. The molecule has 0 aromatic heterocycles. The topological polar surface area (TPSA) is 37.3 Å². The van der Waals surface area contributed by atoms with Crippen LogP contribution < -0.4 is 0 Å². The summed E-state index contributed by atoms with van der Waals surface area (Å²) in [5.74, 6) is -0.586. The van der Waals surface area contributed by atoms with Crippen LogP contribution in [0, 0.1) is 5.92 Å². The van der Waals surface area contributed by atoms with Gasteiger partial charge in [0.2, 0.25) is 0 Å². The third kappa shape index (κ3) is 4.00. The molecule has 3 aromatic rings. The zero-order valence-corrected chi connectivity index (χ0v) is 16.8. The highest BCUT2D eigenvalue weighted by Gasteiger charge is 2.46. The first-order valence-electron chi connectivity index (χ1n) is 9.71. The molecule has 0 heterocycles. The van der Waals surface area contributed by atoms with Crippen LogP contribution in [-0.4, -0.2) is 16.8 Å². The largest absolute Gasteiger partial charge is 0.481 e. The average Bonchev–Trinajstić information content (AvgIpc) is 2.75. The third-order valence-corrected chi connectivity index (χ3v) is 5.73. The minimum absolute atomic E-state index is 0.584. The molecule has 0 aliphatic rings. The van der Waals surface area contributed by atoms with E-state index in [1.807, 2.05) is 54.6 Å². The highest BCUT2D eigenvalue weighted by molar-refractivity contribution is 7.80. The highest BCUT2D eigenvalue weighted by Crippen LogP contribution is 2.47. The lowest BCUT2D eigenvalue weighted by Crippen LogP contribution is -2.42. The van der Waals surface area contributed by atoms with Crippen molar-refractivity contribution in [3.63, 3.8) is 0 Å². The summed E-state index contributed by atoms with van der Waals surface area (Å²) in [6, 6.07) is 30.2. The van der Waals surface area contributed by atoms with Crippen LogP contribution in [0.1, 0.15) is 36.0 Å². The number of thiol groups is 1. The maximum absolute atomic E-state index is 12.6. The van der Waals surface area contributed by atoms with E-state index in [-0.39, 0.29) is 0 Å². The van der Waals surface area contributed by atoms with E-state index in [9.17, 15) is 9.90 Å². The molecular formula is C25H26O2S. The number of benzene rings is 3. The maximum Gasteiger partial charge on any atom is 0.308 e. The zero-order valence-electron chi connectivity index (χ0n) is 15.9. The second-order valence-corrected chi connectivity index (χ2v) is 7.46. The Kier molecular flexibility index (Phi) is 6.94. The molecule has 0 bridgehead atoms. The highest BCUT2D eigenvalue weighted by atomic mass is 32.1. The van der Waals surface area contributed by atoms with Crippen molar-refractivity contribution in [2.24, 2.45) is 5.92 Å². The Hall–Kier alpha value is -2.52. The van der Waals surface area contributed by atoms with Crippen molar-refractivity contribution in [2.75, 3.05) is 5.75 Å². The van der Waals surface area contributed by atoms with E-state index in [2.05, 4.69) is 49.0 Å². The Bertz CT molecular complexity index is 766. The number of hydrogen-bond donors (Lipinski definition) is 2. The Morgan fingerprint density at radius 1 is 0.750 bits per heavy atom. The quantitative estimate of drug-likeness (QED) is 0.274. The Balaban J connectivity index is 2.31. The van der Waals surface area contributed by atoms with Gasteiger partial charge in [0, 0.05) is 0 Å². The van der Waals surface area contributed by atoms with Crippen LogP contribution in [-0.2, 0) is 10.2 Å². The first kappa shape index (κ1) is 20.2. The summed E-state index contributed by atoms with van der Waals surface area (Å²) in [4.78, 5) is 12.6. The van der Waals surface area contributed by atoms with Gasteiger partial charge in [0.05, 0.1) is 11.3 Å². The second kappa shape index (κ2) is 9.61. The van der Waals surface area contributed by atoms with E-state index >= 15 is 0 Å². The van der Waals surface area contributed by atoms with E-state index in [1.54, 1.807) is 0 Å². The summed E-state index contributed by atoms with van der Waals surface area (Å²) in [5.41, 5.74) is 2.26. The Morgan fingerprint density at radius 3 is 1.46 bits per heavy atom. The summed E-state index contributed by atoms with van der Waals surface area (Å²) in [6.07, 6.45) is 2.32. The van der Waals surface area contributed by atoms with Crippen molar-refractivity contribution < 1.29 is 9.90 Å². The molecule has 0 saturated heterocycles. The van der Waals surface area contributed by atoms with Crippen LogP contribution in [0.5, 0.6) is 0 Å². The predicted octanol–water partition coefficient (Wildman–Crippen LogP) is 5.82. The molecule has 3 aromatic carbocycles. The lowest BCUT2D eigenvalue weighted by Gasteiger charge is -2.41. The number of carbonyl (C=O) groups is 1. The molecule has 2 nitrogen and oxygen atoms in total.